The number of amides is 1. The van der Waals surface area contributed by atoms with Gasteiger partial charge in [-0.15, -0.1) is 12.4 Å². The number of thiazole rings is 1. The van der Waals surface area contributed by atoms with Crippen LogP contribution in [0.2, 0.25) is 0 Å². The van der Waals surface area contributed by atoms with Gasteiger partial charge in [0.25, 0.3) is 0 Å². The van der Waals surface area contributed by atoms with E-state index in [4.69, 9.17) is 14.5 Å². The van der Waals surface area contributed by atoms with Gasteiger partial charge in [-0.3, -0.25) is 9.69 Å². The number of hydrogen-bond donors (Lipinski definition) is 0. The zero-order chi connectivity index (χ0) is 22.7. The predicted octanol–water partition coefficient (Wildman–Crippen LogP) is 4.80. The number of benzene rings is 2. The highest BCUT2D eigenvalue weighted by atomic mass is 35.5. The zero-order valence-corrected chi connectivity index (χ0v) is 21.4. The Morgan fingerprint density at radius 3 is 2.16 bits per heavy atom. The number of aryl methyl sites for hydroxylation is 3. The van der Waals surface area contributed by atoms with E-state index < -0.39 is 0 Å². The van der Waals surface area contributed by atoms with Gasteiger partial charge in [0.2, 0.25) is 5.91 Å². The van der Waals surface area contributed by atoms with E-state index in [2.05, 4.69) is 37.8 Å². The van der Waals surface area contributed by atoms with Crippen molar-refractivity contribution >= 4 is 45.0 Å². The van der Waals surface area contributed by atoms with E-state index in [1.165, 1.54) is 16.9 Å². The van der Waals surface area contributed by atoms with Gasteiger partial charge < -0.3 is 14.4 Å². The molecule has 1 heterocycles. The average Bonchev–Trinajstić information content (AvgIpc) is 3.14. The summed E-state index contributed by atoms with van der Waals surface area (Å²) in [5, 5.41) is 0.659. The van der Waals surface area contributed by atoms with Crippen molar-refractivity contribution in [3.8, 4) is 11.5 Å². The Morgan fingerprint density at radius 2 is 1.59 bits per heavy atom. The topological polar surface area (TPSA) is 54.9 Å². The minimum atomic E-state index is 0. The van der Waals surface area contributed by atoms with Crippen LogP contribution in [0.25, 0.3) is 10.2 Å². The van der Waals surface area contributed by atoms with E-state index in [0.29, 0.717) is 29.4 Å². The van der Waals surface area contributed by atoms with Gasteiger partial charge in [0.05, 0.1) is 20.6 Å². The highest BCUT2D eigenvalue weighted by molar-refractivity contribution is 7.22. The van der Waals surface area contributed by atoms with Gasteiger partial charge in [0, 0.05) is 13.1 Å². The second-order valence-corrected chi connectivity index (χ2v) is 9.02. The molecule has 0 aliphatic carbocycles. The lowest BCUT2D eigenvalue weighted by Gasteiger charge is -2.23. The van der Waals surface area contributed by atoms with Crippen molar-refractivity contribution in [2.24, 2.45) is 0 Å². The van der Waals surface area contributed by atoms with E-state index in [1.54, 1.807) is 19.1 Å². The molecule has 0 aliphatic heterocycles. The molecule has 0 unspecified atom stereocenters. The summed E-state index contributed by atoms with van der Waals surface area (Å²) in [6.45, 7) is 7.51. The molecular formula is C24H32ClN3O3S. The number of carbonyl (C=O) groups is 1. The van der Waals surface area contributed by atoms with Crippen LogP contribution < -0.4 is 14.4 Å². The molecule has 0 radical (unpaired) electrons. The molecule has 1 amide bonds. The fourth-order valence-electron chi connectivity index (χ4n) is 3.75. The summed E-state index contributed by atoms with van der Waals surface area (Å²) in [5.41, 5.74) is 5.30. The van der Waals surface area contributed by atoms with Crippen LogP contribution in [0.1, 0.15) is 22.3 Å². The molecule has 0 bridgehead atoms. The van der Waals surface area contributed by atoms with Crippen molar-refractivity contribution in [3.05, 3.63) is 46.5 Å². The normalized spacial score (nSPS) is 10.9. The van der Waals surface area contributed by atoms with Crippen LogP contribution in [-0.4, -0.2) is 57.2 Å². The molecule has 174 valence electrons. The van der Waals surface area contributed by atoms with Crippen LogP contribution in [0.5, 0.6) is 11.5 Å². The highest BCUT2D eigenvalue weighted by Gasteiger charge is 2.23. The van der Waals surface area contributed by atoms with E-state index >= 15 is 0 Å². The van der Waals surface area contributed by atoms with Crippen LogP contribution in [0.3, 0.4) is 0 Å². The third-order valence-electron chi connectivity index (χ3n) is 5.37. The number of nitrogens with zero attached hydrogens (tertiary/aromatic N) is 3. The summed E-state index contributed by atoms with van der Waals surface area (Å²) < 4.78 is 11.9. The molecule has 0 saturated carbocycles. The third-order valence-corrected chi connectivity index (χ3v) is 6.46. The maximum atomic E-state index is 13.5. The van der Waals surface area contributed by atoms with Crippen molar-refractivity contribution in [1.82, 2.24) is 9.88 Å². The Labute approximate surface area is 200 Å². The molecule has 0 atom stereocenters. The monoisotopic (exact) mass is 477 g/mol. The molecule has 0 spiro atoms. The SMILES string of the molecule is COc1ccc(OC)c2sc(N(CCN(C)C)C(=O)Cc3c(C)cc(C)cc3C)nc12.Cl. The van der Waals surface area contributed by atoms with Gasteiger partial charge in [-0.25, -0.2) is 4.98 Å². The summed E-state index contributed by atoms with van der Waals surface area (Å²) in [4.78, 5) is 22.2. The molecule has 0 fully saturated rings. The van der Waals surface area contributed by atoms with Gasteiger partial charge in [0.1, 0.15) is 21.7 Å². The molecule has 1 aromatic heterocycles. The maximum Gasteiger partial charge on any atom is 0.233 e. The average molecular weight is 478 g/mol. The van der Waals surface area contributed by atoms with E-state index in [1.807, 2.05) is 26.2 Å². The van der Waals surface area contributed by atoms with E-state index in [-0.39, 0.29) is 18.3 Å². The van der Waals surface area contributed by atoms with Gasteiger partial charge in [0.15, 0.2) is 5.13 Å². The first-order valence-corrected chi connectivity index (χ1v) is 11.1. The van der Waals surface area contributed by atoms with E-state index in [0.717, 1.165) is 33.7 Å². The van der Waals surface area contributed by atoms with E-state index in [9.17, 15) is 4.79 Å². The third kappa shape index (κ3) is 5.52. The molecule has 2 aromatic carbocycles. The lowest BCUT2D eigenvalue weighted by Crippen LogP contribution is -2.37. The second-order valence-electron chi connectivity index (χ2n) is 8.05. The Balaban J connectivity index is 0.00000363. The molecular weight excluding hydrogens is 446 g/mol. The first kappa shape index (κ1) is 25.9. The molecule has 3 aromatic rings. The number of ether oxygens (including phenoxy) is 2. The van der Waals surface area contributed by atoms with Crippen molar-refractivity contribution in [2.75, 3.05) is 46.3 Å². The number of rotatable bonds is 8. The number of likely N-dealkylation sites (N-methyl/N-ethyl adjacent to an activating group) is 1. The predicted molar refractivity (Wildman–Crippen MR) is 135 cm³/mol. The molecule has 6 nitrogen and oxygen atoms in total. The van der Waals surface area contributed by atoms with Crippen molar-refractivity contribution in [2.45, 2.75) is 27.2 Å². The molecule has 0 N–H and O–H groups in total. The molecule has 32 heavy (non-hydrogen) atoms. The minimum Gasteiger partial charge on any atom is -0.495 e. The number of anilines is 1. The molecule has 0 aliphatic rings. The standard InChI is InChI=1S/C24H31N3O3S.ClH/c1-15-12-16(2)18(17(3)13-15)14-21(28)27(11-10-26(4)5)24-25-22-19(29-6)8-9-20(30-7)23(22)31-24;/h8-9,12-13H,10-11,14H2,1-7H3;1H. The van der Waals surface area contributed by atoms with Gasteiger partial charge >= 0.3 is 0 Å². The second kappa shape index (κ2) is 11.0. The van der Waals surface area contributed by atoms with Crippen molar-refractivity contribution < 1.29 is 14.3 Å². The van der Waals surface area contributed by atoms with Crippen LogP contribution in [0.15, 0.2) is 24.3 Å². The first-order valence-electron chi connectivity index (χ1n) is 10.3. The summed E-state index contributed by atoms with van der Waals surface area (Å²) in [6.07, 6.45) is 0.343. The molecule has 3 rings (SSSR count). The first-order chi connectivity index (χ1) is 14.7. The lowest BCUT2D eigenvalue weighted by atomic mass is 9.97. The largest absolute Gasteiger partial charge is 0.495 e. The number of aromatic nitrogens is 1. The fourth-order valence-corrected chi connectivity index (χ4v) is 4.87. The van der Waals surface area contributed by atoms with Crippen molar-refractivity contribution in [3.63, 3.8) is 0 Å². The minimum absolute atomic E-state index is 0. The Hall–Kier alpha value is -2.35. The smallest absolute Gasteiger partial charge is 0.233 e. The summed E-state index contributed by atoms with van der Waals surface area (Å²) >= 11 is 1.46. The van der Waals surface area contributed by atoms with Crippen LogP contribution in [0.4, 0.5) is 5.13 Å². The Kier molecular flexibility index (Phi) is 8.89. The van der Waals surface area contributed by atoms with Crippen LogP contribution >= 0.6 is 23.7 Å². The van der Waals surface area contributed by atoms with Gasteiger partial charge in [-0.1, -0.05) is 29.0 Å². The Bertz CT molecular complexity index is 1030. The van der Waals surface area contributed by atoms with Crippen LogP contribution in [-0.2, 0) is 11.2 Å². The number of fused-ring (bicyclic) bond motifs is 1. The summed E-state index contributed by atoms with van der Waals surface area (Å²) in [6, 6.07) is 7.98. The van der Waals surface area contributed by atoms with Crippen molar-refractivity contribution in [1.29, 1.82) is 0 Å². The highest BCUT2D eigenvalue weighted by Crippen LogP contribution is 2.40. The maximum absolute atomic E-state index is 13.5. The number of methoxy groups -OCH3 is 2. The lowest BCUT2D eigenvalue weighted by molar-refractivity contribution is -0.118. The quantitative estimate of drug-likeness (QED) is 0.466. The number of hydrogen-bond acceptors (Lipinski definition) is 6. The van der Waals surface area contributed by atoms with Crippen LogP contribution in [0, 0.1) is 20.8 Å². The fraction of sp³-hybridized carbons (Fsp3) is 0.417. The zero-order valence-electron chi connectivity index (χ0n) is 19.8. The summed E-state index contributed by atoms with van der Waals surface area (Å²) in [7, 11) is 7.26. The molecule has 8 heteroatoms. The molecule has 0 saturated heterocycles. The Morgan fingerprint density at radius 1 is 1.00 bits per heavy atom. The number of halogens is 1. The number of carbonyl (C=O) groups excluding carboxylic acids is 1. The van der Waals surface area contributed by atoms with Gasteiger partial charge in [-0.05, 0) is 63.7 Å². The van der Waals surface area contributed by atoms with Gasteiger partial charge in [-0.2, -0.15) is 0 Å². The summed E-state index contributed by atoms with van der Waals surface area (Å²) in [5.74, 6) is 1.43.